The highest BCUT2D eigenvalue weighted by atomic mass is 19.4. The number of rotatable bonds is 1. The molecule has 0 unspecified atom stereocenters. The molecule has 1 aliphatic carbocycles. The quantitative estimate of drug-likeness (QED) is 0.561. The third-order valence-corrected chi connectivity index (χ3v) is 4.31. The van der Waals surface area contributed by atoms with Crippen LogP contribution in [0.2, 0.25) is 5.82 Å². The lowest BCUT2D eigenvalue weighted by Crippen LogP contribution is -2.41. The molecule has 2 aliphatic rings. The smallest absolute Gasteiger partial charge is 0.403 e. The van der Waals surface area contributed by atoms with Crippen molar-refractivity contribution in [3.05, 3.63) is 29.8 Å². The Morgan fingerprint density at radius 2 is 1.61 bits per heavy atom. The van der Waals surface area contributed by atoms with Crippen LogP contribution in [0.1, 0.15) is 46.1 Å². The van der Waals surface area contributed by atoms with Crippen molar-refractivity contribution in [3.8, 4) is 0 Å². The Bertz CT molecular complexity index is 543. The van der Waals surface area contributed by atoms with Crippen molar-refractivity contribution in [3.63, 3.8) is 0 Å². The van der Waals surface area contributed by atoms with Crippen molar-refractivity contribution in [2.45, 2.75) is 63.7 Å². The molecule has 1 aromatic rings. The molecule has 1 aliphatic heterocycles. The minimum absolute atomic E-state index is 0.0648. The lowest BCUT2D eigenvalue weighted by Gasteiger charge is -2.32. The monoisotopic (exact) mass is 333 g/mol. The zero-order valence-corrected chi connectivity index (χ0v) is 13.6. The van der Waals surface area contributed by atoms with Gasteiger partial charge in [-0.25, -0.2) is 4.39 Å². The van der Waals surface area contributed by atoms with Gasteiger partial charge in [0.2, 0.25) is 0 Å². The molecule has 0 N–H and O–H groups in total. The molecule has 1 aromatic heterocycles. The summed E-state index contributed by atoms with van der Waals surface area (Å²) in [5, 5.41) is 0. The SMILES string of the molecule is CC1(C)OB(C2CC2)OC1(C)C.Fc1cncc(C(F)(F)F)c1. The van der Waals surface area contributed by atoms with Crippen molar-refractivity contribution in [1.29, 1.82) is 0 Å². The summed E-state index contributed by atoms with van der Waals surface area (Å²) < 4.78 is 59.2. The van der Waals surface area contributed by atoms with Crippen LogP contribution in [0.25, 0.3) is 0 Å². The summed E-state index contributed by atoms with van der Waals surface area (Å²) in [5.41, 5.74) is -1.35. The summed E-state index contributed by atoms with van der Waals surface area (Å²) in [6.07, 6.45) is -0.679. The number of halogens is 4. The van der Waals surface area contributed by atoms with Crippen LogP contribution in [0.4, 0.5) is 17.6 Å². The van der Waals surface area contributed by atoms with Crippen molar-refractivity contribution >= 4 is 7.12 Å². The Balaban J connectivity index is 0.000000168. The third-order valence-electron chi connectivity index (χ3n) is 4.31. The van der Waals surface area contributed by atoms with Gasteiger partial charge in [-0.15, -0.1) is 0 Å². The van der Waals surface area contributed by atoms with Gasteiger partial charge in [0.1, 0.15) is 5.82 Å². The van der Waals surface area contributed by atoms with E-state index in [9.17, 15) is 17.6 Å². The topological polar surface area (TPSA) is 31.4 Å². The van der Waals surface area contributed by atoms with Crippen LogP contribution < -0.4 is 0 Å². The van der Waals surface area contributed by atoms with Crippen LogP contribution in [0.3, 0.4) is 0 Å². The van der Waals surface area contributed by atoms with E-state index >= 15 is 0 Å². The molecule has 128 valence electrons. The predicted molar refractivity (Wildman–Crippen MR) is 78.3 cm³/mol. The van der Waals surface area contributed by atoms with E-state index in [0.717, 1.165) is 6.20 Å². The molecule has 3 rings (SSSR count). The first kappa shape index (κ1) is 18.2. The average molecular weight is 333 g/mol. The Hall–Kier alpha value is -1.15. The molecule has 1 saturated heterocycles. The van der Waals surface area contributed by atoms with Gasteiger partial charge in [-0.05, 0) is 39.6 Å². The van der Waals surface area contributed by atoms with Gasteiger partial charge in [-0.1, -0.05) is 12.8 Å². The van der Waals surface area contributed by atoms with Crippen LogP contribution >= 0.6 is 0 Å². The summed E-state index contributed by atoms with van der Waals surface area (Å²) in [4.78, 5) is 3.06. The zero-order chi connectivity index (χ0) is 17.5. The van der Waals surface area contributed by atoms with E-state index < -0.39 is 17.6 Å². The minimum atomic E-state index is -4.52. The molecule has 0 amide bonds. The van der Waals surface area contributed by atoms with Crippen LogP contribution in [0, 0.1) is 5.82 Å². The molecule has 0 bridgehead atoms. The van der Waals surface area contributed by atoms with Crippen molar-refractivity contribution in [2.75, 3.05) is 0 Å². The molecule has 2 fully saturated rings. The third kappa shape index (κ3) is 4.44. The molecule has 3 nitrogen and oxygen atoms in total. The molecular formula is C15H20BF4NO2. The zero-order valence-electron chi connectivity index (χ0n) is 13.6. The lowest BCUT2D eigenvalue weighted by molar-refractivity contribution is -0.138. The van der Waals surface area contributed by atoms with Gasteiger partial charge in [-0.2, -0.15) is 13.2 Å². The van der Waals surface area contributed by atoms with E-state index in [4.69, 9.17) is 9.31 Å². The number of hydrogen-bond acceptors (Lipinski definition) is 3. The number of hydrogen-bond donors (Lipinski definition) is 0. The molecular weight excluding hydrogens is 313 g/mol. The maximum Gasteiger partial charge on any atom is 0.461 e. The normalized spacial score (nSPS) is 22.5. The first-order valence-corrected chi connectivity index (χ1v) is 7.46. The standard InChI is InChI=1S/C9H17BO2.C6H3F4N/c1-8(2)9(3,4)12-10(11-8)7-5-6-7;7-5-1-4(2-11-3-5)6(8,9)10/h7H,5-6H2,1-4H3;1-3H. The van der Waals surface area contributed by atoms with E-state index in [2.05, 4.69) is 32.7 Å². The summed E-state index contributed by atoms with van der Waals surface area (Å²) >= 11 is 0. The van der Waals surface area contributed by atoms with E-state index in [0.29, 0.717) is 18.1 Å². The van der Waals surface area contributed by atoms with Crippen LogP contribution in [0.15, 0.2) is 18.5 Å². The predicted octanol–water partition coefficient (Wildman–Crippen LogP) is 4.48. The van der Waals surface area contributed by atoms with Crippen molar-refractivity contribution in [1.82, 2.24) is 4.98 Å². The van der Waals surface area contributed by atoms with E-state index in [-0.39, 0.29) is 18.3 Å². The van der Waals surface area contributed by atoms with Gasteiger partial charge < -0.3 is 9.31 Å². The fourth-order valence-corrected chi connectivity index (χ4v) is 2.02. The second kappa shape index (κ2) is 6.05. The lowest BCUT2D eigenvalue weighted by atomic mass is 9.82. The average Bonchev–Trinajstić information content (AvgIpc) is 3.18. The van der Waals surface area contributed by atoms with E-state index in [1.807, 2.05) is 0 Å². The molecule has 1 saturated carbocycles. The summed E-state index contributed by atoms with van der Waals surface area (Å²) in [5.74, 6) is -0.314. The first-order chi connectivity index (χ1) is 10.4. The van der Waals surface area contributed by atoms with Gasteiger partial charge in [0, 0.05) is 6.20 Å². The summed E-state index contributed by atoms with van der Waals surface area (Å²) in [6, 6.07) is 0.396. The molecule has 2 heterocycles. The van der Waals surface area contributed by atoms with Crippen molar-refractivity contribution in [2.24, 2.45) is 0 Å². The second-order valence-corrected chi connectivity index (χ2v) is 6.85. The van der Waals surface area contributed by atoms with Crippen molar-refractivity contribution < 1.29 is 26.9 Å². The first-order valence-electron chi connectivity index (χ1n) is 7.46. The minimum Gasteiger partial charge on any atom is -0.403 e. The number of alkyl halides is 3. The van der Waals surface area contributed by atoms with Crippen LogP contribution in [-0.4, -0.2) is 23.3 Å². The largest absolute Gasteiger partial charge is 0.461 e. The Morgan fingerprint density at radius 3 is 1.96 bits per heavy atom. The highest BCUT2D eigenvalue weighted by Crippen LogP contribution is 2.48. The fraction of sp³-hybridized carbons (Fsp3) is 0.667. The highest BCUT2D eigenvalue weighted by Gasteiger charge is 2.55. The summed E-state index contributed by atoms with van der Waals surface area (Å²) in [7, 11) is 0.0648. The molecule has 0 atom stereocenters. The summed E-state index contributed by atoms with van der Waals surface area (Å²) in [6.45, 7) is 8.43. The van der Waals surface area contributed by atoms with Gasteiger partial charge in [-0.3, -0.25) is 4.98 Å². The van der Waals surface area contributed by atoms with Gasteiger partial charge in [0.15, 0.2) is 0 Å². The Labute approximate surface area is 133 Å². The Kier molecular flexibility index (Phi) is 4.79. The number of nitrogens with zero attached hydrogens (tertiary/aromatic N) is 1. The fourth-order valence-electron chi connectivity index (χ4n) is 2.02. The molecule has 0 radical (unpaired) electrons. The van der Waals surface area contributed by atoms with Gasteiger partial charge >= 0.3 is 13.3 Å². The number of aromatic nitrogens is 1. The Morgan fingerprint density at radius 1 is 1.09 bits per heavy atom. The van der Waals surface area contributed by atoms with E-state index in [1.54, 1.807) is 0 Å². The second-order valence-electron chi connectivity index (χ2n) is 6.85. The molecule has 23 heavy (non-hydrogen) atoms. The maximum atomic E-state index is 12.1. The van der Waals surface area contributed by atoms with Crippen LogP contribution in [-0.2, 0) is 15.5 Å². The molecule has 0 spiro atoms. The van der Waals surface area contributed by atoms with Gasteiger partial charge in [0.25, 0.3) is 0 Å². The number of pyridine rings is 1. The maximum absolute atomic E-state index is 12.1. The van der Waals surface area contributed by atoms with E-state index in [1.165, 1.54) is 12.8 Å². The highest BCUT2D eigenvalue weighted by molar-refractivity contribution is 6.48. The molecule has 8 heteroatoms. The molecule has 0 aromatic carbocycles. The van der Waals surface area contributed by atoms with Crippen LogP contribution in [0.5, 0.6) is 0 Å². The van der Waals surface area contributed by atoms with Gasteiger partial charge in [0.05, 0.1) is 23.0 Å².